The number of imide groups is 1. The average Bonchev–Trinajstić information content (AvgIpc) is 2.07. The first-order valence-corrected chi connectivity index (χ1v) is 2.48. The number of amides is 2. The van der Waals surface area contributed by atoms with Crippen LogP contribution >= 0.6 is 0 Å². The predicted octanol–water partition coefficient (Wildman–Crippen LogP) is -2.53. The van der Waals surface area contributed by atoms with Gasteiger partial charge in [-0.15, -0.1) is 0 Å². The highest BCUT2D eigenvalue weighted by Gasteiger charge is 2.45. The summed E-state index contributed by atoms with van der Waals surface area (Å²) in [6.45, 7) is 0. The van der Waals surface area contributed by atoms with Gasteiger partial charge in [0.05, 0.1) is 0 Å². The van der Waals surface area contributed by atoms with Gasteiger partial charge in [0.1, 0.15) is 0 Å². The molecule has 1 heterocycles. The molecule has 0 spiro atoms. The van der Waals surface area contributed by atoms with E-state index in [0.717, 1.165) is 0 Å². The normalized spacial score (nSPS) is 33.7. The molecule has 1 aliphatic heterocycles. The Balaban J connectivity index is 2.89. The van der Waals surface area contributed by atoms with E-state index in [2.05, 4.69) is 0 Å². The van der Waals surface area contributed by atoms with Crippen LogP contribution in [0.5, 0.6) is 0 Å². The molecule has 0 aromatic heterocycles. The van der Waals surface area contributed by atoms with E-state index in [-0.39, 0.29) is 5.06 Å². The highest BCUT2D eigenvalue weighted by Crippen LogP contribution is 2.10. The molecule has 0 aromatic carbocycles. The number of hydrogen-bond acceptors (Lipinski definition) is 5. The molecule has 1 aliphatic rings. The third kappa shape index (κ3) is 0.703. The lowest BCUT2D eigenvalue weighted by atomic mass is 10.2. The molecule has 3 N–H and O–H groups in total. The topological polar surface area (TPSA) is 98.1 Å². The molecule has 2 unspecified atom stereocenters. The van der Waals surface area contributed by atoms with Crippen LogP contribution in [0.25, 0.3) is 0 Å². The van der Waals surface area contributed by atoms with Crippen molar-refractivity contribution in [3.8, 4) is 0 Å². The molecule has 0 aromatic rings. The Morgan fingerprint density at radius 2 is 1.40 bits per heavy atom. The number of hydroxylamine groups is 2. The van der Waals surface area contributed by atoms with Gasteiger partial charge < -0.3 is 10.2 Å². The maximum Gasteiger partial charge on any atom is 0.285 e. The summed E-state index contributed by atoms with van der Waals surface area (Å²) in [6.07, 6.45) is -3.64. The summed E-state index contributed by atoms with van der Waals surface area (Å²) in [7, 11) is 0. The molecule has 2 atom stereocenters. The van der Waals surface area contributed by atoms with Gasteiger partial charge in [0.15, 0.2) is 12.2 Å². The molecule has 0 saturated carbocycles. The minimum Gasteiger partial charge on any atom is -0.380 e. The van der Waals surface area contributed by atoms with Crippen LogP contribution in [-0.2, 0) is 9.59 Å². The first kappa shape index (κ1) is 7.13. The van der Waals surface area contributed by atoms with Crippen LogP contribution in [0.3, 0.4) is 0 Å². The van der Waals surface area contributed by atoms with Crippen molar-refractivity contribution in [3.63, 3.8) is 0 Å². The third-order valence-electron chi connectivity index (χ3n) is 1.22. The molecule has 1 rings (SSSR count). The number of carbonyl (C=O) groups excluding carboxylic acids is 2. The highest BCUT2D eigenvalue weighted by molar-refractivity contribution is 6.06. The summed E-state index contributed by atoms with van der Waals surface area (Å²) in [6, 6.07) is 0. The van der Waals surface area contributed by atoms with Gasteiger partial charge in [0.2, 0.25) is 0 Å². The molecule has 0 bridgehead atoms. The Bertz CT molecular complexity index is 170. The molecule has 0 radical (unpaired) electrons. The second kappa shape index (κ2) is 2.01. The standard InChI is InChI=1S/C4H5NO5/c6-1-2(7)4(9)5(10)3(1)8/h1-2,6-7,10H. The summed E-state index contributed by atoms with van der Waals surface area (Å²) in [5.41, 5.74) is 0. The highest BCUT2D eigenvalue weighted by atomic mass is 16.5. The van der Waals surface area contributed by atoms with E-state index in [4.69, 9.17) is 15.4 Å². The summed E-state index contributed by atoms with van der Waals surface area (Å²) in [4.78, 5) is 20.7. The molecular weight excluding hydrogens is 142 g/mol. The van der Waals surface area contributed by atoms with Gasteiger partial charge in [-0.05, 0) is 0 Å². The van der Waals surface area contributed by atoms with Crippen molar-refractivity contribution in [2.45, 2.75) is 12.2 Å². The van der Waals surface area contributed by atoms with Gasteiger partial charge in [-0.3, -0.25) is 14.8 Å². The van der Waals surface area contributed by atoms with Crippen LogP contribution in [0.1, 0.15) is 0 Å². The fourth-order valence-electron chi connectivity index (χ4n) is 0.629. The van der Waals surface area contributed by atoms with Gasteiger partial charge in [-0.25, -0.2) is 0 Å². The van der Waals surface area contributed by atoms with E-state index >= 15 is 0 Å². The quantitative estimate of drug-likeness (QED) is 0.259. The van der Waals surface area contributed by atoms with Crippen molar-refractivity contribution in [3.05, 3.63) is 0 Å². The summed E-state index contributed by atoms with van der Waals surface area (Å²) >= 11 is 0. The molecule has 6 heteroatoms. The van der Waals surface area contributed by atoms with Crippen LogP contribution in [0.15, 0.2) is 0 Å². The van der Waals surface area contributed by atoms with Crippen LogP contribution in [0.2, 0.25) is 0 Å². The number of aliphatic hydroxyl groups is 2. The zero-order valence-electron chi connectivity index (χ0n) is 4.76. The first-order valence-electron chi connectivity index (χ1n) is 2.48. The second-order valence-corrected chi connectivity index (χ2v) is 1.88. The largest absolute Gasteiger partial charge is 0.380 e. The molecule has 10 heavy (non-hydrogen) atoms. The minimum absolute atomic E-state index is 0.296. The molecule has 1 fully saturated rings. The Kier molecular flexibility index (Phi) is 1.43. The predicted molar refractivity (Wildman–Crippen MR) is 25.7 cm³/mol. The minimum atomic E-state index is -1.82. The van der Waals surface area contributed by atoms with Crippen LogP contribution < -0.4 is 0 Å². The van der Waals surface area contributed by atoms with Crippen molar-refractivity contribution >= 4 is 11.8 Å². The zero-order chi connectivity index (χ0) is 7.89. The van der Waals surface area contributed by atoms with Crippen LogP contribution in [0.4, 0.5) is 0 Å². The summed E-state index contributed by atoms with van der Waals surface area (Å²) in [5, 5.41) is 25.3. The van der Waals surface area contributed by atoms with Crippen LogP contribution in [0, 0.1) is 0 Å². The van der Waals surface area contributed by atoms with Gasteiger partial charge in [0.25, 0.3) is 11.8 Å². The fraction of sp³-hybridized carbons (Fsp3) is 0.500. The average molecular weight is 147 g/mol. The molecule has 2 amide bonds. The second-order valence-electron chi connectivity index (χ2n) is 1.88. The summed E-state index contributed by atoms with van der Waals surface area (Å²) in [5.74, 6) is -2.39. The molecule has 1 saturated heterocycles. The maximum absolute atomic E-state index is 10.4. The molecule has 0 aliphatic carbocycles. The van der Waals surface area contributed by atoms with Gasteiger partial charge in [0, 0.05) is 0 Å². The number of carbonyl (C=O) groups is 2. The maximum atomic E-state index is 10.4. The Morgan fingerprint density at radius 1 is 1.10 bits per heavy atom. The van der Waals surface area contributed by atoms with Gasteiger partial charge in [-0.1, -0.05) is 0 Å². The van der Waals surface area contributed by atoms with E-state index in [1.807, 2.05) is 0 Å². The molecule has 6 nitrogen and oxygen atoms in total. The van der Waals surface area contributed by atoms with Gasteiger partial charge >= 0.3 is 0 Å². The van der Waals surface area contributed by atoms with Crippen molar-refractivity contribution in [1.82, 2.24) is 5.06 Å². The van der Waals surface area contributed by atoms with Crippen molar-refractivity contribution < 1.29 is 25.0 Å². The number of hydrogen-bond donors (Lipinski definition) is 3. The first-order chi connectivity index (χ1) is 4.55. The lowest BCUT2D eigenvalue weighted by Crippen LogP contribution is -2.28. The van der Waals surface area contributed by atoms with Crippen molar-refractivity contribution in [1.29, 1.82) is 0 Å². The van der Waals surface area contributed by atoms with E-state index in [1.165, 1.54) is 0 Å². The number of nitrogens with zero attached hydrogens (tertiary/aromatic N) is 1. The van der Waals surface area contributed by atoms with Crippen molar-refractivity contribution in [2.24, 2.45) is 0 Å². The van der Waals surface area contributed by atoms with E-state index < -0.39 is 24.0 Å². The smallest absolute Gasteiger partial charge is 0.285 e. The van der Waals surface area contributed by atoms with E-state index in [9.17, 15) is 9.59 Å². The van der Waals surface area contributed by atoms with Gasteiger partial charge in [-0.2, -0.15) is 5.06 Å². The monoisotopic (exact) mass is 147 g/mol. The Hall–Kier alpha value is -0.980. The zero-order valence-corrected chi connectivity index (χ0v) is 4.76. The van der Waals surface area contributed by atoms with Crippen LogP contribution in [-0.4, -0.2) is 44.5 Å². The number of aliphatic hydroxyl groups excluding tert-OH is 2. The van der Waals surface area contributed by atoms with E-state index in [0.29, 0.717) is 0 Å². The number of rotatable bonds is 0. The lowest BCUT2D eigenvalue weighted by Gasteiger charge is -1.99. The molecular formula is C4H5NO5. The van der Waals surface area contributed by atoms with Crippen molar-refractivity contribution in [2.75, 3.05) is 0 Å². The third-order valence-corrected chi connectivity index (χ3v) is 1.22. The Morgan fingerprint density at radius 3 is 1.50 bits per heavy atom. The van der Waals surface area contributed by atoms with E-state index in [1.54, 1.807) is 0 Å². The lowest BCUT2D eigenvalue weighted by molar-refractivity contribution is -0.174. The Labute approximate surface area is 55.2 Å². The fourth-order valence-corrected chi connectivity index (χ4v) is 0.629. The SMILES string of the molecule is O=C1C(O)C(O)C(=O)N1O. The molecule has 56 valence electrons. The summed E-state index contributed by atoms with van der Waals surface area (Å²) < 4.78 is 0.